The van der Waals surface area contributed by atoms with Gasteiger partial charge in [-0.3, -0.25) is 4.79 Å². The van der Waals surface area contributed by atoms with Gasteiger partial charge >= 0.3 is 0 Å². The minimum absolute atomic E-state index is 0.117. The van der Waals surface area contributed by atoms with Gasteiger partial charge in [-0.25, -0.2) is 13.1 Å². The fourth-order valence-electron chi connectivity index (χ4n) is 3.11. The first kappa shape index (κ1) is 23.1. The lowest BCUT2D eigenvalue weighted by molar-refractivity contribution is 0.0953. The molecule has 2 aromatic carbocycles. The minimum atomic E-state index is -3.64. The molecule has 0 aliphatic carbocycles. The molecule has 158 valence electrons. The number of carbonyl (C=O) groups excluding carboxylic acids is 1. The van der Waals surface area contributed by atoms with E-state index in [0.717, 1.165) is 12.8 Å². The standard InChI is InChI=1S/C22H30N2O4S/c1-16-7-8-19(17(2)14-16)6-5-13-23-22(25)20-9-11-21(12-10-20)29(26,27)24-18(3)15-28-4/h7-12,14,18,24H,5-6,13,15H2,1-4H3,(H,23,25)/t18-/m1/s1. The van der Waals surface area contributed by atoms with Crippen LogP contribution in [0.15, 0.2) is 47.4 Å². The molecule has 0 aliphatic heterocycles. The van der Waals surface area contributed by atoms with E-state index in [1.54, 1.807) is 6.92 Å². The quantitative estimate of drug-likeness (QED) is 0.581. The Bertz CT molecular complexity index is 924. The number of rotatable bonds is 10. The number of nitrogens with one attached hydrogen (secondary N) is 2. The van der Waals surface area contributed by atoms with Gasteiger partial charge in [0.2, 0.25) is 10.0 Å². The molecule has 1 amide bonds. The van der Waals surface area contributed by atoms with Crippen molar-refractivity contribution >= 4 is 15.9 Å². The van der Waals surface area contributed by atoms with Crippen LogP contribution < -0.4 is 10.0 Å². The summed E-state index contributed by atoms with van der Waals surface area (Å²) in [6.45, 7) is 6.73. The summed E-state index contributed by atoms with van der Waals surface area (Å²) in [5.74, 6) is -0.213. The lowest BCUT2D eigenvalue weighted by atomic mass is 10.0. The van der Waals surface area contributed by atoms with E-state index in [1.165, 1.54) is 48.1 Å². The number of hydrogen-bond acceptors (Lipinski definition) is 4. The number of benzene rings is 2. The molecule has 0 saturated carbocycles. The van der Waals surface area contributed by atoms with Crippen molar-refractivity contribution in [3.05, 3.63) is 64.7 Å². The Labute approximate surface area is 173 Å². The van der Waals surface area contributed by atoms with Gasteiger partial charge < -0.3 is 10.1 Å². The van der Waals surface area contributed by atoms with Crippen molar-refractivity contribution in [1.82, 2.24) is 10.0 Å². The largest absolute Gasteiger partial charge is 0.383 e. The summed E-state index contributed by atoms with van der Waals surface area (Å²) in [6.07, 6.45) is 1.73. The molecule has 2 N–H and O–H groups in total. The van der Waals surface area contributed by atoms with E-state index >= 15 is 0 Å². The Kier molecular flexibility index (Phi) is 8.37. The number of sulfonamides is 1. The predicted molar refractivity (Wildman–Crippen MR) is 115 cm³/mol. The van der Waals surface area contributed by atoms with Crippen LogP contribution in [0.3, 0.4) is 0 Å². The molecule has 0 radical (unpaired) electrons. The highest BCUT2D eigenvalue weighted by atomic mass is 32.2. The molecule has 0 aliphatic rings. The molecule has 0 heterocycles. The van der Waals surface area contributed by atoms with Crippen molar-refractivity contribution in [2.24, 2.45) is 0 Å². The van der Waals surface area contributed by atoms with E-state index in [2.05, 4.69) is 42.1 Å². The summed E-state index contributed by atoms with van der Waals surface area (Å²) in [7, 11) is -2.13. The molecule has 6 nitrogen and oxygen atoms in total. The van der Waals surface area contributed by atoms with Crippen LogP contribution in [0.4, 0.5) is 0 Å². The third-order valence-electron chi connectivity index (χ3n) is 4.61. The Hall–Kier alpha value is -2.22. The first-order chi connectivity index (χ1) is 13.7. The molecule has 0 fully saturated rings. The van der Waals surface area contributed by atoms with Gasteiger partial charge in [0.05, 0.1) is 11.5 Å². The summed E-state index contributed by atoms with van der Waals surface area (Å²) < 4.78 is 32.1. The molecule has 0 saturated heterocycles. The molecule has 1 atom stereocenters. The molecule has 2 rings (SSSR count). The maximum Gasteiger partial charge on any atom is 0.251 e. The zero-order valence-electron chi connectivity index (χ0n) is 17.5. The number of carbonyl (C=O) groups is 1. The Morgan fingerprint density at radius 3 is 2.41 bits per heavy atom. The van der Waals surface area contributed by atoms with Gasteiger partial charge in [-0.05, 0) is 69.0 Å². The van der Waals surface area contributed by atoms with Gasteiger partial charge in [0, 0.05) is 25.3 Å². The lowest BCUT2D eigenvalue weighted by Gasteiger charge is -2.13. The van der Waals surface area contributed by atoms with Gasteiger partial charge in [-0.2, -0.15) is 0 Å². The van der Waals surface area contributed by atoms with Crippen LogP contribution in [-0.4, -0.2) is 40.6 Å². The van der Waals surface area contributed by atoms with Crippen molar-refractivity contribution in [1.29, 1.82) is 0 Å². The minimum Gasteiger partial charge on any atom is -0.383 e. The zero-order chi connectivity index (χ0) is 21.4. The molecule has 0 unspecified atom stereocenters. The van der Waals surface area contributed by atoms with E-state index in [0.29, 0.717) is 12.1 Å². The van der Waals surface area contributed by atoms with Crippen LogP contribution in [0, 0.1) is 13.8 Å². The highest BCUT2D eigenvalue weighted by molar-refractivity contribution is 7.89. The van der Waals surface area contributed by atoms with Crippen LogP contribution in [0.1, 0.15) is 40.4 Å². The first-order valence-corrected chi connectivity index (χ1v) is 11.2. The predicted octanol–water partition coefficient (Wildman–Crippen LogP) is 2.98. The van der Waals surface area contributed by atoms with E-state index < -0.39 is 10.0 Å². The maximum atomic E-state index is 12.3. The second-order valence-corrected chi connectivity index (χ2v) is 9.01. The monoisotopic (exact) mass is 418 g/mol. The number of hydrogen-bond donors (Lipinski definition) is 2. The van der Waals surface area contributed by atoms with Gasteiger partial charge in [0.15, 0.2) is 0 Å². The number of aryl methyl sites for hydroxylation is 3. The number of ether oxygens (including phenoxy) is 1. The van der Waals surface area contributed by atoms with Crippen LogP contribution in [0.5, 0.6) is 0 Å². The van der Waals surface area contributed by atoms with Crippen molar-refractivity contribution < 1.29 is 17.9 Å². The average Bonchev–Trinajstić information content (AvgIpc) is 2.66. The van der Waals surface area contributed by atoms with Gasteiger partial charge in [-0.1, -0.05) is 23.8 Å². The highest BCUT2D eigenvalue weighted by Crippen LogP contribution is 2.13. The Balaban J connectivity index is 1.86. The second-order valence-electron chi connectivity index (χ2n) is 7.29. The second kappa shape index (κ2) is 10.5. The van der Waals surface area contributed by atoms with Crippen molar-refractivity contribution in [3.63, 3.8) is 0 Å². The van der Waals surface area contributed by atoms with E-state index in [9.17, 15) is 13.2 Å². The van der Waals surface area contributed by atoms with Crippen molar-refractivity contribution in [2.75, 3.05) is 20.3 Å². The smallest absolute Gasteiger partial charge is 0.251 e. The van der Waals surface area contributed by atoms with Crippen LogP contribution >= 0.6 is 0 Å². The molecule has 29 heavy (non-hydrogen) atoms. The normalized spacial score (nSPS) is 12.6. The third kappa shape index (κ3) is 6.96. The van der Waals surface area contributed by atoms with E-state index in [-0.39, 0.29) is 23.5 Å². The fraction of sp³-hybridized carbons (Fsp3) is 0.409. The molecule has 2 aromatic rings. The SMILES string of the molecule is COC[C@@H](C)NS(=O)(=O)c1ccc(C(=O)NCCCc2ccc(C)cc2C)cc1. The summed E-state index contributed by atoms with van der Waals surface area (Å²) >= 11 is 0. The lowest BCUT2D eigenvalue weighted by Crippen LogP contribution is -2.35. The highest BCUT2D eigenvalue weighted by Gasteiger charge is 2.17. The fourth-order valence-corrected chi connectivity index (χ4v) is 4.34. The van der Waals surface area contributed by atoms with E-state index in [1.807, 2.05) is 0 Å². The van der Waals surface area contributed by atoms with Crippen LogP contribution in [-0.2, 0) is 21.2 Å². The summed E-state index contributed by atoms with van der Waals surface area (Å²) in [5.41, 5.74) is 4.23. The van der Waals surface area contributed by atoms with Crippen LogP contribution in [0.25, 0.3) is 0 Å². The van der Waals surface area contributed by atoms with Gasteiger partial charge in [0.25, 0.3) is 5.91 Å². The average molecular weight is 419 g/mol. The molecular weight excluding hydrogens is 388 g/mol. The molecule has 0 spiro atoms. The molecular formula is C22H30N2O4S. The third-order valence-corrected chi connectivity index (χ3v) is 6.21. The number of amides is 1. The molecule has 0 aromatic heterocycles. The summed E-state index contributed by atoms with van der Waals surface area (Å²) in [6, 6.07) is 12.0. The zero-order valence-corrected chi connectivity index (χ0v) is 18.3. The maximum absolute atomic E-state index is 12.3. The van der Waals surface area contributed by atoms with Crippen molar-refractivity contribution in [3.8, 4) is 0 Å². The first-order valence-electron chi connectivity index (χ1n) is 9.68. The van der Waals surface area contributed by atoms with Crippen LogP contribution in [0.2, 0.25) is 0 Å². The summed E-state index contributed by atoms with van der Waals surface area (Å²) in [5, 5.41) is 2.89. The van der Waals surface area contributed by atoms with E-state index in [4.69, 9.17) is 4.74 Å². The Morgan fingerprint density at radius 1 is 1.10 bits per heavy atom. The Morgan fingerprint density at radius 2 is 1.79 bits per heavy atom. The topological polar surface area (TPSA) is 84.5 Å². The number of methoxy groups -OCH3 is 1. The van der Waals surface area contributed by atoms with Crippen molar-refractivity contribution in [2.45, 2.75) is 44.6 Å². The van der Waals surface area contributed by atoms with Gasteiger partial charge in [-0.15, -0.1) is 0 Å². The molecule has 7 heteroatoms. The van der Waals surface area contributed by atoms with Gasteiger partial charge in [0.1, 0.15) is 0 Å². The summed E-state index contributed by atoms with van der Waals surface area (Å²) in [4.78, 5) is 12.4. The molecule has 0 bridgehead atoms.